The monoisotopic (exact) mass is 200 g/mol. The van der Waals surface area contributed by atoms with Crippen LogP contribution in [0.3, 0.4) is 0 Å². The summed E-state index contributed by atoms with van der Waals surface area (Å²) >= 11 is 1.93. The third kappa shape index (κ3) is 4.05. The van der Waals surface area contributed by atoms with E-state index < -0.39 is 0 Å². The zero-order valence-corrected chi connectivity index (χ0v) is 9.44. The van der Waals surface area contributed by atoms with Crippen molar-refractivity contribution in [2.45, 2.75) is 18.9 Å². The molecule has 0 unspecified atom stereocenters. The van der Waals surface area contributed by atoms with Gasteiger partial charge in [-0.3, -0.25) is 0 Å². The highest BCUT2D eigenvalue weighted by atomic mass is 32.2. The fourth-order valence-electron chi connectivity index (χ4n) is 1.56. The average Bonchev–Trinajstić information content (AvgIpc) is 2.64. The number of hydrogen-bond acceptors (Lipinski definition) is 3. The number of nitrogens with one attached hydrogen (secondary N) is 1. The molecule has 0 saturated heterocycles. The van der Waals surface area contributed by atoms with Crippen LogP contribution in [0.4, 0.5) is 0 Å². The minimum Gasteiger partial charge on any atom is -0.376 e. The van der Waals surface area contributed by atoms with Gasteiger partial charge in [-0.15, -0.1) is 0 Å². The molecule has 0 aromatic heterocycles. The molecule has 1 aliphatic rings. The van der Waals surface area contributed by atoms with Crippen molar-refractivity contribution in [1.82, 2.24) is 10.2 Å². The molecule has 76 valence electrons. The van der Waals surface area contributed by atoms with Crippen molar-refractivity contribution in [2.24, 2.45) is 0 Å². The van der Waals surface area contributed by atoms with Crippen LogP contribution < -0.4 is 5.32 Å². The van der Waals surface area contributed by atoms with Crippen molar-refractivity contribution in [1.29, 1.82) is 0 Å². The van der Waals surface area contributed by atoms with Gasteiger partial charge >= 0.3 is 0 Å². The van der Waals surface area contributed by atoms with Crippen LogP contribution in [0.1, 0.15) is 12.8 Å². The Bertz CT molecular complexity index is 159. The molecule has 1 N–H and O–H groups in total. The van der Waals surface area contributed by atoms with E-state index in [9.17, 15) is 0 Å². The van der Waals surface area contributed by atoms with E-state index in [4.69, 9.17) is 0 Å². The largest absolute Gasteiger partial charge is 0.376 e. The highest BCUT2D eigenvalue weighted by molar-refractivity contribution is 7.98. The van der Waals surface area contributed by atoms with Crippen molar-refractivity contribution >= 4 is 11.8 Å². The fraction of sp³-hybridized carbons (Fsp3) is 0.800. The van der Waals surface area contributed by atoms with Gasteiger partial charge in [0.25, 0.3) is 0 Å². The lowest BCUT2D eigenvalue weighted by atomic mass is 10.2. The second-order valence-corrected chi connectivity index (χ2v) is 4.42. The molecule has 0 bridgehead atoms. The normalized spacial score (nSPS) is 18.2. The Labute approximate surface area is 85.8 Å². The molecule has 1 heterocycles. The van der Waals surface area contributed by atoms with E-state index in [0.717, 1.165) is 6.54 Å². The molecule has 0 spiro atoms. The lowest BCUT2D eigenvalue weighted by Crippen LogP contribution is -2.36. The van der Waals surface area contributed by atoms with Gasteiger partial charge in [-0.1, -0.05) is 6.08 Å². The van der Waals surface area contributed by atoms with Gasteiger partial charge in [-0.05, 0) is 38.1 Å². The van der Waals surface area contributed by atoms with E-state index >= 15 is 0 Å². The summed E-state index contributed by atoms with van der Waals surface area (Å²) in [7, 11) is 2.06. The van der Waals surface area contributed by atoms with Crippen LogP contribution in [0.15, 0.2) is 12.3 Å². The molecular formula is C10H20N2S. The summed E-state index contributed by atoms with van der Waals surface area (Å²) < 4.78 is 0. The first kappa shape index (κ1) is 10.9. The second-order valence-electron chi connectivity index (χ2n) is 3.44. The molecule has 1 rings (SSSR count). The molecule has 1 aliphatic heterocycles. The van der Waals surface area contributed by atoms with E-state index in [0.29, 0.717) is 6.04 Å². The minimum atomic E-state index is 0.648. The van der Waals surface area contributed by atoms with Gasteiger partial charge in [0, 0.05) is 19.1 Å². The summed E-state index contributed by atoms with van der Waals surface area (Å²) in [6.45, 7) is 2.37. The van der Waals surface area contributed by atoms with Crippen molar-refractivity contribution < 1.29 is 0 Å². The predicted molar refractivity (Wildman–Crippen MR) is 61.2 cm³/mol. The Morgan fingerprint density at radius 1 is 1.62 bits per heavy atom. The molecular weight excluding hydrogens is 180 g/mol. The van der Waals surface area contributed by atoms with E-state index in [-0.39, 0.29) is 0 Å². The quantitative estimate of drug-likeness (QED) is 0.700. The van der Waals surface area contributed by atoms with E-state index in [1.165, 1.54) is 25.1 Å². The third-order valence-electron chi connectivity index (χ3n) is 2.43. The first-order valence-corrected chi connectivity index (χ1v) is 6.33. The zero-order chi connectivity index (χ0) is 9.52. The highest BCUT2D eigenvalue weighted by Gasteiger charge is 2.11. The Hall–Kier alpha value is -0.150. The number of likely N-dealkylation sites (N-methyl/N-ethyl adjacent to an activating group) is 1. The van der Waals surface area contributed by atoms with Crippen LogP contribution in [0, 0.1) is 0 Å². The molecule has 0 saturated carbocycles. The summed E-state index contributed by atoms with van der Waals surface area (Å²) in [5.41, 5.74) is 0. The second kappa shape index (κ2) is 6.33. The van der Waals surface area contributed by atoms with Crippen LogP contribution in [0.2, 0.25) is 0 Å². The maximum absolute atomic E-state index is 3.37. The number of nitrogens with zero attached hydrogens (tertiary/aromatic N) is 1. The third-order valence-corrected chi connectivity index (χ3v) is 3.08. The van der Waals surface area contributed by atoms with E-state index in [1.54, 1.807) is 0 Å². The zero-order valence-electron chi connectivity index (χ0n) is 8.62. The van der Waals surface area contributed by atoms with Gasteiger partial charge in [0.05, 0.1) is 0 Å². The standard InChI is InChI=1S/C10H20N2S/c1-11-10(5-8-13-2)9-12-6-3-4-7-12/h3,6,10-11H,4-5,7-9H2,1-2H3/t10-/m0/s1. The van der Waals surface area contributed by atoms with Crippen LogP contribution in [-0.4, -0.2) is 43.1 Å². The SMILES string of the molecule is CN[C@@H](CCSC)CN1C=CCC1. The Balaban J connectivity index is 2.18. The smallest absolute Gasteiger partial charge is 0.0326 e. The number of thioether (sulfide) groups is 1. The highest BCUT2D eigenvalue weighted by Crippen LogP contribution is 2.07. The minimum absolute atomic E-state index is 0.648. The van der Waals surface area contributed by atoms with Gasteiger partial charge in [0.1, 0.15) is 0 Å². The Morgan fingerprint density at radius 2 is 2.46 bits per heavy atom. The van der Waals surface area contributed by atoms with Crippen molar-refractivity contribution in [2.75, 3.05) is 32.1 Å². The van der Waals surface area contributed by atoms with Crippen molar-refractivity contribution in [3.8, 4) is 0 Å². The maximum atomic E-state index is 3.37. The molecule has 0 fully saturated rings. The fourth-order valence-corrected chi connectivity index (χ4v) is 2.08. The molecule has 13 heavy (non-hydrogen) atoms. The first-order valence-electron chi connectivity index (χ1n) is 4.93. The summed E-state index contributed by atoms with van der Waals surface area (Å²) in [6, 6.07) is 0.648. The Kier molecular flexibility index (Phi) is 5.32. The maximum Gasteiger partial charge on any atom is 0.0326 e. The lowest BCUT2D eigenvalue weighted by Gasteiger charge is -2.23. The van der Waals surface area contributed by atoms with Crippen molar-refractivity contribution in [3.05, 3.63) is 12.3 Å². The molecule has 0 amide bonds. The molecule has 0 aliphatic carbocycles. The number of hydrogen-bond donors (Lipinski definition) is 1. The summed E-state index contributed by atoms with van der Waals surface area (Å²) in [5, 5.41) is 3.37. The summed E-state index contributed by atoms with van der Waals surface area (Å²) in [6.07, 6.45) is 9.13. The molecule has 3 heteroatoms. The molecule has 0 aromatic carbocycles. The molecule has 2 nitrogen and oxygen atoms in total. The van der Waals surface area contributed by atoms with E-state index in [2.05, 4.69) is 35.8 Å². The predicted octanol–water partition coefficient (Wildman–Crippen LogP) is 1.55. The number of rotatable bonds is 6. The average molecular weight is 200 g/mol. The van der Waals surface area contributed by atoms with Gasteiger partial charge in [-0.2, -0.15) is 11.8 Å². The van der Waals surface area contributed by atoms with Crippen LogP contribution >= 0.6 is 11.8 Å². The van der Waals surface area contributed by atoms with Gasteiger partial charge in [0.2, 0.25) is 0 Å². The topological polar surface area (TPSA) is 15.3 Å². The molecule has 0 radical (unpaired) electrons. The summed E-state index contributed by atoms with van der Waals surface area (Å²) in [4.78, 5) is 2.40. The van der Waals surface area contributed by atoms with Gasteiger partial charge in [0.15, 0.2) is 0 Å². The summed E-state index contributed by atoms with van der Waals surface area (Å²) in [5.74, 6) is 1.25. The van der Waals surface area contributed by atoms with Crippen molar-refractivity contribution in [3.63, 3.8) is 0 Å². The van der Waals surface area contributed by atoms with Crippen LogP contribution in [-0.2, 0) is 0 Å². The Morgan fingerprint density at radius 3 is 3.00 bits per heavy atom. The van der Waals surface area contributed by atoms with Crippen LogP contribution in [0.5, 0.6) is 0 Å². The van der Waals surface area contributed by atoms with Gasteiger partial charge in [-0.25, -0.2) is 0 Å². The lowest BCUT2D eigenvalue weighted by molar-refractivity contribution is 0.344. The molecule has 1 atom stereocenters. The first-order chi connectivity index (χ1) is 6.36. The van der Waals surface area contributed by atoms with E-state index in [1.807, 2.05) is 11.8 Å². The van der Waals surface area contributed by atoms with Gasteiger partial charge < -0.3 is 10.2 Å². The molecule has 0 aromatic rings. The van der Waals surface area contributed by atoms with Crippen LogP contribution in [0.25, 0.3) is 0 Å².